The van der Waals surface area contributed by atoms with Crippen molar-refractivity contribution in [3.63, 3.8) is 0 Å². The lowest BCUT2D eigenvalue weighted by molar-refractivity contribution is -0.133. The molecule has 1 saturated heterocycles. The minimum absolute atomic E-state index is 0.0465. The second-order valence-corrected chi connectivity index (χ2v) is 8.04. The number of aryl methyl sites for hydroxylation is 2. The minimum atomic E-state index is -0.388. The molecule has 2 amide bonds. The van der Waals surface area contributed by atoms with Crippen LogP contribution in [-0.2, 0) is 22.4 Å². The van der Waals surface area contributed by atoms with Gasteiger partial charge in [0.15, 0.2) is 0 Å². The number of aromatic nitrogens is 1. The number of hydrogen-bond donors (Lipinski definition) is 2. The molecule has 2 N–H and O–H groups in total. The Kier molecular flexibility index (Phi) is 7.56. The van der Waals surface area contributed by atoms with Gasteiger partial charge in [0.25, 0.3) is 0 Å². The van der Waals surface area contributed by atoms with Crippen molar-refractivity contribution in [3.05, 3.63) is 52.0 Å². The highest BCUT2D eigenvalue weighted by Crippen LogP contribution is 2.14. The van der Waals surface area contributed by atoms with E-state index in [0.717, 1.165) is 38.0 Å². The highest BCUT2D eigenvalue weighted by molar-refractivity contribution is 7.09. The molecule has 2 heterocycles. The summed E-state index contributed by atoms with van der Waals surface area (Å²) in [5, 5.41) is 5.86. The van der Waals surface area contributed by atoms with Gasteiger partial charge in [0.05, 0.1) is 23.7 Å². The number of carbonyl (C=O) groups excluding carboxylic acids is 2. The van der Waals surface area contributed by atoms with Crippen LogP contribution in [0.4, 0.5) is 0 Å². The first kappa shape index (κ1) is 20.5. The van der Waals surface area contributed by atoms with Gasteiger partial charge in [-0.25, -0.2) is 4.98 Å². The molecule has 1 atom stereocenters. The fourth-order valence-corrected chi connectivity index (χ4v) is 4.28. The molecule has 2 aromatic rings. The van der Waals surface area contributed by atoms with Crippen molar-refractivity contribution < 1.29 is 9.59 Å². The van der Waals surface area contributed by atoms with Crippen LogP contribution in [0.5, 0.6) is 0 Å². The number of hydrogen-bond acceptors (Lipinski definition) is 5. The molecule has 0 unspecified atom stereocenters. The zero-order valence-corrected chi connectivity index (χ0v) is 17.1. The number of carbonyl (C=O) groups is 2. The van der Waals surface area contributed by atoms with Crippen LogP contribution in [0.3, 0.4) is 0 Å². The third kappa shape index (κ3) is 5.87. The molecule has 3 rings (SSSR count). The average Bonchev–Trinajstić information content (AvgIpc) is 3.11. The van der Waals surface area contributed by atoms with Crippen molar-refractivity contribution in [3.8, 4) is 0 Å². The lowest BCUT2D eigenvalue weighted by Gasteiger charge is -2.34. The zero-order valence-electron chi connectivity index (χ0n) is 16.3. The second kappa shape index (κ2) is 10.3. The van der Waals surface area contributed by atoms with E-state index in [4.69, 9.17) is 0 Å². The van der Waals surface area contributed by atoms with Gasteiger partial charge in [-0.3, -0.25) is 14.5 Å². The lowest BCUT2D eigenvalue weighted by Crippen LogP contribution is -2.56. The summed E-state index contributed by atoms with van der Waals surface area (Å²) in [6.07, 6.45) is 2.88. The highest BCUT2D eigenvalue weighted by atomic mass is 32.1. The third-order valence-electron chi connectivity index (χ3n) is 5.10. The Balaban J connectivity index is 1.44. The van der Waals surface area contributed by atoms with Crippen LogP contribution in [-0.4, -0.2) is 53.9 Å². The summed E-state index contributed by atoms with van der Waals surface area (Å²) in [7, 11) is 0. The summed E-state index contributed by atoms with van der Waals surface area (Å²) in [6, 6.07) is 9.85. The molecule has 1 aliphatic rings. The van der Waals surface area contributed by atoms with E-state index in [2.05, 4.69) is 32.7 Å². The summed E-state index contributed by atoms with van der Waals surface area (Å²) in [4.78, 5) is 32.4. The van der Waals surface area contributed by atoms with E-state index in [0.29, 0.717) is 13.1 Å². The molecule has 150 valence electrons. The third-order valence-corrected chi connectivity index (χ3v) is 6.09. The largest absolute Gasteiger partial charge is 0.356 e. The molecular weight excluding hydrogens is 372 g/mol. The molecule has 1 aromatic heterocycles. The van der Waals surface area contributed by atoms with Crippen molar-refractivity contribution in [2.24, 2.45) is 0 Å². The molecule has 1 fully saturated rings. The number of benzene rings is 1. The first-order valence-electron chi connectivity index (χ1n) is 9.85. The van der Waals surface area contributed by atoms with Crippen molar-refractivity contribution in [2.75, 3.05) is 26.2 Å². The zero-order chi connectivity index (χ0) is 19.8. The summed E-state index contributed by atoms with van der Waals surface area (Å²) < 4.78 is 0. The quantitative estimate of drug-likeness (QED) is 0.631. The van der Waals surface area contributed by atoms with E-state index < -0.39 is 0 Å². The summed E-state index contributed by atoms with van der Waals surface area (Å²) >= 11 is 1.66. The Bertz CT molecular complexity index is 778. The molecule has 0 radical (unpaired) electrons. The molecule has 0 bridgehead atoms. The normalized spacial score (nSPS) is 17.3. The molecule has 0 spiro atoms. The van der Waals surface area contributed by atoms with Crippen LogP contribution in [0.1, 0.15) is 29.0 Å². The monoisotopic (exact) mass is 400 g/mol. The van der Waals surface area contributed by atoms with Crippen molar-refractivity contribution in [1.29, 1.82) is 0 Å². The first-order chi connectivity index (χ1) is 13.6. The molecule has 6 nitrogen and oxygen atoms in total. The number of piperazine rings is 1. The Labute approximate surface area is 170 Å². The van der Waals surface area contributed by atoms with Gasteiger partial charge in [-0.05, 0) is 31.7 Å². The van der Waals surface area contributed by atoms with Crippen LogP contribution in [0.2, 0.25) is 0 Å². The van der Waals surface area contributed by atoms with Crippen molar-refractivity contribution in [1.82, 2.24) is 20.5 Å². The van der Waals surface area contributed by atoms with E-state index in [9.17, 15) is 9.59 Å². The Morgan fingerprint density at radius 1 is 1.32 bits per heavy atom. The highest BCUT2D eigenvalue weighted by Gasteiger charge is 2.31. The van der Waals surface area contributed by atoms with Gasteiger partial charge in [-0.15, -0.1) is 11.3 Å². The van der Waals surface area contributed by atoms with Gasteiger partial charge in [0.2, 0.25) is 11.8 Å². The maximum absolute atomic E-state index is 12.4. The van der Waals surface area contributed by atoms with E-state index in [1.807, 2.05) is 30.6 Å². The van der Waals surface area contributed by atoms with Gasteiger partial charge in [-0.2, -0.15) is 0 Å². The Hall–Kier alpha value is -2.25. The number of thiazole rings is 1. The number of rotatable bonds is 9. The second-order valence-electron chi connectivity index (χ2n) is 7.10. The molecule has 7 heteroatoms. The average molecular weight is 401 g/mol. The fourth-order valence-electron chi connectivity index (χ4n) is 3.46. The van der Waals surface area contributed by atoms with E-state index in [-0.39, 0.29) is 24.3 Å². The van der Waals surface area contributed by atoms with E-state index in [1.165, 1.54) is 10.4 Å². The van der Waals surface area contributed by atoms with Gasteiger partial charge in [-0.1, -0.05) is 30.3 Å². The van der Waals surface area contributed by atoms with Crippen LogP contribution < -0.4 is 10.6 Å². The Morgan fingerprint density at radius 3 is 2.89 bits per heavy atom. The van der Waals surface area contributed by atoms with E-state index >= 15 is 0 Å². The smallest absolute Gasteiger partial charge is 0.237 e. The molecular formula is C21H28N4O2S. The topological polar surface area (TPSA) is 74.3 Å². The number of nitrogens with one attached hydrogen (secondary N) is 2. The summed E-state index contributed by atoms with van der Waals surface area (Å²) in [6.45, 7) is 4.83. The van der Waals surface area contributed by atoms with Crippen LogP contribution in [0.15, 0.2) is 35.8 Å². The van der Waals surface area contributed by atoms with Crippen LogP contribution in [0.25, 0.3) is 0 Å². The van der Waals surface area contributed by atoms with Gasteiger partial charge >= 0.3 is 0 Å². The number of nitrogens with zero attached hydrogens (tertiary/aromatic N) is 2. The number of amides is 2. The predicted molar refractivity (Wildman–Crippen MR) is 111 cm³/mol. The summed E-state index contributed by atoms with van der Waals surface area (Å²) in [5.41, 5.74) is 4.17. The lowest BCUT2D eigenvalue weighted by atomic mass is 10.1. The van der Waals surface area contributed by atoms with Gasteiger partial charge < -0.3 is 10.6 Å². The van der Waals surface area contributed by atoms with Crippen LogP contribution >= 0.6 is 11.3 Å². The maximum Gasteiger partial charge on any atom is 0.237 e. The molecule has 0 saturated carbocycles. The van der Waals surface area contributed by atoms with Crippen molar-refractivity contribution in [2.45, 2.75) is 38.6 Å². The molecule has 0 aliphatic carbocycles. The van der Waals surface area contributed by atoms with Crippen LogP contribution in [0, 0.1) is 6.92 Å². The molecule has 1 aliphatic heterocycles. The first-order valence-corrected chi connectivity index (χ1v) is 10.7. The van der Waals surface area contributed by atoms with Gasteiger partial charge in [0, 0.05) is 31.1 Å². The Morgan fingerprint density at radius 2 is 2.14 bits per heavy atom. The minimum Gasteiger partial charge on any atom is -0.356 e. The van der Waals surface area contributed by atoms with Crippen molar-refractivity contribution >= 4 is 23.2 Å². The van der Waals surface area contributed by atoms with Gasteiger partial charge in [0.1, 0.15) is 0 Å². The fraction of sp³-hybridized carbons (Fsp3) is 0.476. The summed E-state index contributed by atoms with van der Waals surface area (Å²) in [5.74, 6) is -0.109. The predicted octanol–water partition coefficient (Wildman–Crippen LogP) is 1.93. The van der Waals surface area contributed by atoms with E-state index in [1.54, 1.807) is 11.3 Å². The molecule has 1 aromatic carbocycles. The standard InChI is InChI=1S/C21H28N4O2S/c1-16-19(28-15-24-16)8-5-10-22-20(26)14-18-21(27)23-11-13-25(18)12-9-17-6-3-2-4-7-17/h2-4,6-7,15,18H,5,8-14H2,1H3,(H,22,26)(H,23,27)/t18-/m1/s1. The molecule has 28 heavy (non-hydrogen) atoms. The SMILES string of the molecule is Cc1ncsc1CCCNC(=O)C[C@@H]1C(=O)NCCN1CCc1ccccc1. The maximum atomic E-state index is 12.4.